The summed E-state index contributed by atoms with van der Waals surface area (Å²) in [5.41, 5.74) is 4.50. The lowest BCUT2D eigenvalue weighted by Gasteiger charge is -2.13. The lowest BCUT2D eigenvalue weighted by Crippen LogP contribution is -2.03. The molecule has 0 saturated carbocycles. The summed E-state index contributed by atoms with van der Waals surface area (Å²) in [6.45, 7) is 6.57. The van der Waals surface area contributed by atoms with Crippen LogP contribution in [0.2, 0.25) is 0 Å². The van der Waals surface area contributed by atoms with Gasteiger partial charge < -0.3 is 14.2 Å². The van der Waals surface area contributed by atoms with Gasteiger partial charge in [-0.3, -0.25) is 0 Å². The van der Waals surface area contributed by atoms with Gasteiger partial charge in [0, 0.05) is 11.8 Å². The maximum Gasteiger partial charge on any atom is 0.138 e. The Hall–Kier alpha value is -2.33. The molecule has 4 heteroatoms. The molecule has 1 unspecified atom stereocenters. The third kappa shape index (κ3) is 2.82. The van der Waals surface area contributed by atoms with E-state index in [1.54, 1.807) is 0 Å². The molecule has 3 aromatic rings. The molecule has 120 valence electrons. The zero-order chi connectivity index (χ0) is 16.4. The van der Waals surface area contributed by atoms with E-state index in [1.807, 2.05) is 67.8 Å². The van der Waals surface area contributed by atoms with E-state index in [9.17, 15) is 5.11 Å². The Balaban J connectivity index is 2.28. The minimum absolute atomic E-state index is 0.572. The van der Waals surface area contributed by atoms with Gasteiger partial charge >= 0.3 is 0 Å². The van der Waals surface area contributed by atoms with Gasteiger partial charge in [0.05, 0.1) is 24.1 Å². The van der Waals surface area contributed by atoms with Gasteiger partial charge in [-0.1, -0.05) is 19.1 Å². The molecule has 3 rings (SSSR count). The third-order valence-corrected chi connectivity index (χ3v) is 3.96. The number of para-hydroxylation sites is 1. The van der Waals surface area contributed by atoms with Gasteiger partial charge in [-0.05, 0) is 50.1 Å². The molecule has 2 aromatic heterocycles. The molecule has 0 amide bonds. The molecule has 23 heavy (non-hydrogen) atoms. The summed E-state index contributed by atoms with van der Waals surface area (Å²) in [4.78, 5) is 4.78. The highest BCUT2D eigenvalue weighted by Gasteiger charge is 2.21. The van der Waals surface area contributed by atoms with Crippen LogP contribution in [0.3, 0.4) is 0 Å². The molecule has 0 fully saturated rings. The van der Waals surface area contributed by atoms with E-state index < -0.39 is 6.10 Å². The lowest BCUT2D eigenvalue weighted by molar-refractivity contribution is 0.168. The monoisotopic (exact) mass is 310 g/mol. The molecule has 2 heterocycles. The molecule has 1 atom stereocenters. The molecule has 0 aliphatic rings. The van der Waals surface area contributed by atoms with E-state index in [2.05, 4.69) is 0 Å². The fourth-order valence-electron chi connectivity index (χ4n) is 2.82. The van der Waals surface area contributed by atoms with Crippen molar-refractivity contribution in [2.24, 2.45) is 0 Å². The maximum atomic E-state index is 10.5. The number of nitrogens with zero attached hydrogens (tertiary/aromatic N) is 2. The van der Waals surface area contributed by atoms with Gasteiger partial charge in [0.2, 0.25) is 0 Å². The van der Waals surface area contributed by atoms with Crippen LogP contribution in [0, 0.1) is 6.92 Å². The van der Waals surface area contributed by atoms with Gasteiger partial charge in [-0.15, -0.1) is 0 Å². The van der Waals surface area contributed by atoms with Crippen LogP contribution in [0.25, 0.3) is 16.9 Å². The third-order valence-electron chi connectivity index (χ3n) is 3.96. The Morgan fingerprint density at radius 2 is 2.00 bits per heavy atom. The largest absolute Gasteiger partial charge is 0.493 e. The predicted octanol–water partition coefficient (Wildman–Crippen LogP) is 4.15. The number of benzene rings is 1. The van der Waals surface area contributed by atoms with Crippen molar-refractivity contribution in [3.05, 3.63) is 53.9 Å². The van der Waals surface area contributed by atoms with Crippen molar-refractivity contribution >= 4 is 5.65 Å². The summed E-state index contributed by atoms with van der Waals surface area (Å²) < 4.78 is 7.72. The van der Waals surface area contributed by atoms with Gasteiger partial charge in [-0.2, -0.15) is 0 Å². The summed E-state index contributed by atoms with van der Waals surface area (Å²) in [6, 6.07) is 11.9. The molecule has 0 saturated heterocycles. The zero-order valence-corrected chi connectivity index (χ0v) is 13.8. The summed E-state index contributed by atoms with van der Waals surface area (Å²) in [5.74, 6) is 0.791. The number of hydrogen-bond acceptors (Lipinski definition) is 3. The van der Waals surface area contributed by atoms with Gasteiger partial charge in [-0.25, -0.2) is 4.98 Å². The first-order valence-corrected chi connectivity index (χ1v) is 8.04. The summed E-state index contributed by atoms with van der Waals surface area (Å²) in [5, 5.41) is 10.5. The van der Waals surface area contributed by atoms with Crippen LogP contribution in [0.15, 0.2) is 42.6 Å². The summed E-state index contributed by atoms with van der Waals surface area (Å²) in [6.07, 6.45) is 2.03. The van der Waals surface area contributed by atoms with Crippen LogP contribution < -0.4 is 4.74 Å². The quantitative estimate of drug-likeness (QED) is 0.770. The number of fused-ring (bicyclic) bond motifs is 1. The van der Waals surface area contributed by atoms with E-state index in [4.69, 9.17) is 9.72 Å². The van der Waals surface area contributed by atoms with Crippen molar-refractivity contribution in [3.8, 4) is 17.0 Å². The van der Waals surface area contributed by atoms with E-state index in [0.717, 1.165) is 33.9 Å². The topological polar surface area (TPSA) is 46.8 Å². The first-order chi connectivity index (χ1) is 11.2. The first kappa shape index (κ1) is 15.6. The number of ether oxygens (including phenoxy) is 1. The van der Waals surface area contributed by atoms with Crippen LogP contribution in [-0.2, 0) is 0 Å². The van der Waals surface area contributed by atoms with Crippen LogP contribution in [0.1, 0.15) is 37.6 Å². The summed E-state index contributed by atoms with van der Waals surface area (Å²) in [7, 11) is 0. The molecular weight excluding hydrogens is 288 g/mol. The van der Waals surface area contributed by atoms with Crippen molar-refractivity contribution in [2.45, 2.75) is 33.3 Å². The van der Waals surface area contributed by atoms with E-state index in [-0.39, 0.29) is 0 Å². The average Bonchev–Trinajstić information content (AvgIpc) is 2.93. The fraction of sp³-hybridized carbons (Fsp3) is 0.316. The summed E-state index contributed by atoms with van der Waals surface area (Å²) >= 11 is 0. The Morgan fingerprint density at radius 3 is 2.74 bits per heavy atom. The van der Waals surface area contributed by atoms with Crippen molar-refractivity contribution in [3.63, 3.8) is 0 Å². The van der Waals surface area contributed by atoms with Gasteiger partial charge in [0.25, 0.3) is 0 Å². The van der Waals surface area contributed by atoms with Crippen LogP contribution in [-0.4, -0.2) is 21.1 Å². The molecular formula is C19H22N2O2. The van der Waals surface area contributed by atoms with Crippen LogP contribution in [0.5, 0.6) is 5.75 Å². The number of hydrogen-bond donors (Lipinski definition) is 1. The maximum absolute atomic E-state index is 10.5. The highest BCUT2D eigenvalue weighted by Crippen LogP contribution is 2.35. The van der Waals surface area contributed by atoms with Crippen molar-refractivity contribution in [1.29, 1.82) is 0 Å². The predicted molar refractivity (Wildman–Crippen MR) is 91.8 cm³/mol. The minimum atomic E-state index is -0.572. The number of aryl methyl sites for hydroxylation is 1. The highest BCUT2D eigenvalue weighted by molar-refractivity contribution is 5.72. The van der Waals surface area contributed by atoms with E-state index in [0.29, 0.717) is 13.0 Å². The Kier molecular flexibility index (Phi) is 4.35. The molecule has 4 nitrogen and oxygen atoms in total. The number of aliphatic hydroxyl groups excluding tert-OH is 1. The molecule has 1 aromatic carbocycles. The second-order valence-corrected chi connectivity index (χ2v) is 5.63. The molecule has 0 aliphatic heterocycles. The van der Waals surface area contributed by atoms with Gasteiger partial charge in [0.15, 0.2) is 0 Å². The van der Waals surface area contributed by atoms with Crippen LogP contribution in [0.4, 0.5) is 0 Å². The Labute approximate surface area is 136 Å². The number of imidazole rings is 1. The molecule has 1 N–H and O–H groups in total. The molecule has 0 bridgehead atoms. The number of aromatic nitrogens is 2. The second kappa shape index (κ2) is 6.42. The van der Waals surface area contributed by atoms with Crippen molar-refractivity contribution in [1.82, 2.24) is 9.38 Å². The minimum Gasteiger partial charge on any atom is -0.493 e. The van der Waals surface area contributed by atoms with E-state index in [1.165, 1.54) is 0 Å². The van der Waals surface area contributed by atoms with Crippen molar-refractivity contribution < 1.29 is 9.84 Å². The lowest BCUT2D eigenvalue weighted by atomic mass is 10.0. The average molecular weight is 310 g/mol. The van der Waals surface area contributed by atoms with E-state index >= 15 is 0 Å². The van der Waals surface area contributed by atoms with Crippen LogP contribution >= 0.6 is 0 Å². The molecule has 0 aliphatic carbocycles. The Morgan fingerprint density at radius 1 is 1.22 bits per heavy atom. The number of pyridine rings is 1. The normalized spacial score (nSPS) is 12.5. The highest BCUT2D eigenvalue weighted by atomic mass is 16.5. The number of rotatable bonds is 5. The molecule has 0 radical (unpaired) electrons. The number of aliphatic hydroxyl groups is 1. The van der Waals surface area contributed by atoms with Crippen molar-refractivity contribution in [2.75, 3.05) is 6.61 Å². The standard InChI is InChI=1S/C19H22N2O2/c1-4-15(22)19-18(14-8-6-7-9-16(14)23-5-2)20-17-12-13(3)10-11-21(17)19/h6-12,15,22H,4-5H2,1-3H3. The van der Waals surface area contributed by atoms with Gasteiger partial charge in [0.1, 0.15) is 11.4 Å². The first-order valence-electron chi connectivity index (χ1n) is 8.04. The smallest absolute Gasteiger partial charge is 0.138 e. The fourth-order valence-corrected chi connectivity index (χ4v) is 2.82. The molecule has 0 spiro atoms. The second-order valence-electron chi connectivity index (χ2n) is 5.63. The SMILES string of the molecule is CCOc1ccccc1-c1nc2cc(C)ccn2c1C(O)CC. The zero-order valence-electron chi connectivity index (χ0n) is 13.8. The Bertz CT molecular complexity index is 823.